The number of hydrogen-bond donors (Lipinski definition) is 2. The molecule has 2 N–H and O–H groups in total. The van der Waals surface area contributed by atoms with Gasteiger partial charge in [-0.25, -0.2) is 4.79 Å². The van der Waals surface area contributed by atoms with E-state index < -0.39 is 17.8 Å². The fourth-order valence-electron chi connectivity index (χ4n) is 1.79. The fraction of sp³-hybridized carbons (Fsp3) is 0.625. The molecule has 1 rings (SSSR count). The molecule has 0 radical (unpaired) electrons. The Morgan fingerprint density at radius 3 is 2.52 bits per heavy atom. The molecule has 1 heterocycles. The first-order chi connectivity index (χ1) is 9.67. The number of hydrogen-bond acceptors (Lipinski definition) is 4. The Balaban J connectivity index is 2.50. The molecule has 1 amide bonds. The summed E-state index contributed by atoms with van der Waals surface area (Å²) >= 11 is 0. The summed E-state index contributed by atoms with van der Waals surface area (Å²) < 4.78 is 5.15. The van der Waals surface area contributed by atoms with E-state index in [1.165, 1.54) is 0 Å². The quantitative estimate of drug-likeness (QED) is 0.875. The van der Waals surface area contributed by atoms with Gasteiger partial charge in [0.25, 0.3) is 0 Å². The molecule has 0 bridgehead atoms. The Labute approximate surface area is 126 Å². The highest BCUT2D eigenvalue weighted by Crippen LogP contribution is 2.19. The second-order valence-corrected chi connectivity index (χ2v) is 6.59. The highest BCUT2D eigenvalue weighted by atomic mass is 16.6. The largest absolute Gasteiger partial charge is 0.444 e. The Bertz CT molecular complexity index is 450. The molecule has 0 aliphatic rings. The standard InChI is InChI=1S/C16H26N2O3/c1-11(2)8-14(19)13-7-6-12(9-17-13)10-18-15(20)21-16(3,4)5/h6-7,9,11,14,19H,8,10H2,1-5H3,(H,18,20). The van der Waals surface area contributed by atoms with Crippen LogP contribution in [0, 0.1) is 5.92 Å². The van der Waals surface area contributed by atoms with Gasteiger partial charge in [-0.3, -0.25) is 4.98 Å². The molecule has 0 fully saturated rings. The van der Waals surface area contributed by atoms with E-state index in [0.29, 0.717) is 24.6 Å². The summed E-state index contributed by atoms with van der Waals surface area (Å²) in [6.07, 6.45) is 1.35. The first kappa shape index (κ1) is 17.4. The zero-order valence-electron chi connectivity index (χ0n) is 13.5. The molecule has 118 valence electrons. The van der Waals surface area contributed by atoms with Crippen molar-refractivity contribution in [3.63, 3.8) is 0 Å². The van der Waals surface area contributed by atoms with Crippen molar-refractivity contribution in [1.82, 2.24) is 10.3 Å². The minimum Gasteiger partial charge on any atom is -0.444 e. The summed E-state index contributed by atoms with van der Waals surface area (Å²) in [5.41, 5.74) is 1.01. The van der Waals surface area contributed by atoms with Crippen LogP contribution < -0.4 is 5.32 Å². The second kappa shape index (κ2) is 7.41. The van der Waals surface area contributed by atoms with Crippen molar-refractivity contribution in [2.45, 2.75) is 59.3 Å². The van der Waals surface area contributed by atoms with Crippen LogP contribution in [0.2, 0.25) is 0 Å². The third-order valence-corrected chi connectivity index (χ3v) is 2.72. The van der Waals surface area contributed by atoms with Crippen LogP contribution in [0.1, 0.15) is 58.4 Å². The van der Waals surface area contributed by atoms with E-state index >= 15 is 0 Å². The number of nitrogens with one attached hydrogen (secondary N) is 1. The number of rotatable bonds is 5. The lowest BCUT2D eigenvalue weighted by Crippen LogP contribution is -2.32. The van der Waals surface area contributed by atoms with Crippen LogP contribution in [0.25, 0.3) is 0 Å². The molecule has 1 atom stereocenters. The van der Waals surface area contributed by atoms with E-state index in [0.717, 1.165) is 5.56 Å². The third-order valence-electron chi connectivity index (χ3n) is 2.72. The number of alkyl carbamates (subject to hydrolysis) is 1. The van der Waals surface area contributed by atoms with Crippen molar-refractivity contribution < 1.29 is 14.6 Å². The van der Waals surface area contributed by atoms with Crippen molar-refractivity contribution in [2.75, 3.05) is 0 Å². The van der Waals surface area contributed by atoms with Gasteiger partial charge in [0.05, 0.1) is 11.8 Å². The highest BCUT2D eigenvalue weighted by molar-refractivity contribution is 5.67. The lowest BCUT2D eigenvalue weighted by Gasteiger charge is -2.19. The second-order valence-electron chi connectivity index (χ2n) is 6.59. The van der Waals surface area contributed by atoms with Crippen molar-refractivity contribution in [3.05, 3.63) is 29.6 Å². The van der Waals surface area contributed by atoms with Crippen LogP contribution in [0.5, 0.6) is 0 Å². The smallest absolute Gasteiger partial charge is 0.407 e. The fourth-order valence-corrected chi connectivity index (χ4v) is 1.79. The van der Waals surface area contributed by atoms with Gasteiger partial charge in [-0.2, -0.15) is 0 Å². The molecule has 0 spiro atoms. The topological polar surface area (TPSA) is 71.5 Å². The predicted molar refractivity (Wildman–Crippen MR) is 81.7 cm³/mol. The van der Waals surface area contributed by atoms with Gasteiger partial charge < -0.3 is 15.2 Å². The van der Waals surface area contributed by atoms with Gasteiger partial charge in [0.15, 0.2) is 0 Å². The monoisotopic (exact) mass is 294 g/mol. The molecule has 0 saturated heterocycles. The normalized spacial score (nSPS) is 13.1. The van der Waals surface area contributed by atoms with Crippen LogP contribution in [0.3, 0.4) is 0 Å². The van der Waals surface area contributed by atoms with Gasteiger partial charge >= 0.3 is 6.09 Å². The molecule has 1 unspecified atom stereocenters. The van der Waals surface area contributed by atoms with Gasteiger partial charge in [-0.15, -0.1) is 0 Å². The first-order valence-electron chi connectivity index (χ1n) is 7.27. The maximum absolute atomic E-state index is 11.5. The molecule has 1 aromatic heterocycles. The van der Waals surface area contributed by atoms with Gasteiger partial charge in [0.1, 0.15) is 5.60 Å². The molecule has 0 aromatic carbocycles. The SMILES string of the molecule is CC(C)CC(O)c1ccc(CNC(=O)OC(C)(C)C)cn1. The number of pyridine rings is 1. The van der Waals surface area contributed by atoms with Gasteiger partial charge in [0.2, 0.25) is 0 Å². The Morgan fingerprint density at radius 1 is 1.38 bits per heavy atom. The molecule has 21 heavy (non-hydrogen) atoms. The summed E-state index contributed by atoms with van der Waals surface area (Å²) in [4.78, 5) is 15.8. The molecule has 0 aliphatic carbocycles. The van der Waals surface area contributed by atoms with Crippen LogP contribution in [-0.2, 0) is 11.3 Å². The van der Waals surface area contributed by atoms with Crippen molar-refractivity contribution in [2.24, 2.45) is 5.92 Å². The van der Waals surface area contributed by atoms with E-state index in [1.807, 2.05) is 26.8 Å². The van der Waals surface area contributed by atoms with Crippen LogP contribution in [-0.4, -0.2) is 21.8 Å². The molecule has 1 aromatic rings. The maximum Gasteiger partial charge on any atom is 0.407 e. The third kappa shape index (κ3) is 7.09. The Hall–Kier alpha value is -1.62. The summed E-state index contributed by atoms with van der Waals surface area (Å²) in [6.45, 7) is 9.92. The van der Waals surface area contributed by atoms with Crippen molar-refractivity contribution >= 4 is 6.09 Å². The number of aromatic nitrogens is 1. The average molecular weight is 294 g/mol. The van der Waals surface area contributed by atoms with E-state index in [9.17, 15) is 9.90 Å². The lowest BCUT2D eigenvalue weighted by molar-refractivity contribution is 0.0523. The van der Waals surface area contributed by atoms with Crippen LogP contribution >= 0.6 is 0 Å². The minimum atomic E-state index is -0.544. The number of carbonyl (C=O) groups excluding carboxylic acids is 1. The molecule has 5 nitrogen and oxygen atoms in total. The lowest BCUT2D eigenvalue weighted by atomic mass is 10.0. The molecule has 5 heteroatoms. The van der Waals surface area contributed by atoms with Crippen LogP contribution in [0.15, 0.2) is 18.3 Å². The minimum absolute atomic E-state index is 0.350. The van der Waals surface area contributed by atoms with E-state index in [4.69, 9.17) is 4.74 Å². The van der Waals surface area contributed by atoms with Crippen LogP contribution in [0.4, 0.5) is 4.79 Å². The average Bonchev–Trinajstić information content (AvgIpc) is 2.34. The molecular formula is C16H26N2O3. The van der Waals surface area contributed by atoms with E-state index in [2.05, 4.69) is 24.1 Å². The Kier molecular flexibility index (Phi) is 6.15. The summed E-state index contributed by atoms with van der Waals surface area (Å²) in [5, 5.41) is 12.6. The molecule has 0 aliphatic heterocycles. The summed E-state index contributed by atoms with van der Waals surface area (Å²) in [6, 6.07) is 3.64. The van der Waals surface area contributed by atoms with E-state index in [1.54, 1.807) is 12.3 Å². The number of amides is 1. The zero-order chi connectivity index (χ0) is 16.0. The number of aliphatic hydroxyl groups is 1. The summed E-state index contributed by atoms with van der Waals surface area (Å²) in [5.74, 6) is 0.412. The van der Waals surface area contributed by atoms with Gasteiger partial charge in [0, 0.05) is 12.7 Å². The molecular weight excluding hydrogens is 268 g/mol. The zero-order valence-corrected chi connectivity index (χ0v) is 13.5. The first-order valence-corrected chi connectivity index (χ1v) is 7.27. The number of aliphatic hydroxyl groups excluding tert-OH is 1. The molecule has 0 saturated carbocycles. The van der Waals surface area contributed by atoms with Crippen molar-refractivity contribution in [3.8, 4) is 0 Å². The van der Waals surface area contributed by atoms with Crippen molar-refractivity contribution in [1.29, 1.82) is 0 Å². The highest BCUT2D eigenvalue weighted by Gasteiger charge is 2.16. The number of ether oxygens (including phenoxy) is 1. The number of carbonyl (C=O) groups is 1. The predicted octanol–water partition coefficient (Wildman–Crippen LogP) is 3.19. The number of nitrogens with zero attached hydrogens (tertiary/aromatic N) is 1. The van der Waals surface area contributed by atoms with Gasteiger partial charge in [-0.1, -0.05) is 19.9 Å². The summed E-state index contributed by atoms with van der Waals surface area (Å²) in [7, 11) is 0. The Morgan fingerprint density at radius 2 is 2.05 bits per heavy atom. The van der Waals surface area contributed by atoms with Gasteiger partial charge in [-0.05, 0) is 44.7 Å². The maximum atomic E-state index is 11.5. The van der Waals surface area contributed by atoms with E-state index in [-0.39, 0.29) is 0 Å².